The van der Waals surface area contributed by atoms with E-state index in [1.165, 1.54) is 19.8 Å². The molecule has 3 aromatic rings. The molecule has 12 heteroatoms. The molecule has 1 atom stereocenters. The number of aliphatic carboxylic acids is 1. The Labute approximate surface area is 189 Å². The predicted molar refractivity (Wildman–Crippen MR) is 116 cm³/mol. The maximum absolute atomic E-state index is 12.3. The molecule has 4 rings (SSSR count). The third kappa shape index (κ3) is 6.24. The normalized spacial score (nSPS) is 15.9. The predicted octanol–water partition coefficient (Wildman–Crippen LogP) is 4.09. The van der Waals surface area contributed by atoms with Gasteiger partial charge in [-0.15, -0.1) is 22.7 Å². The van der Waals surface area contributed by atoms with Crippen molar-refractivity contribution in [3.63, 3.8) is 0 Å². The molecular weight excluding hydrogens is 465 g/mol. The molecule has 1 fully saturated rings. The monoisotopic (exact) mass is 486 g/mol. The van der Waals surface area contributed by atoms with Gasteiger partial charge in [0.05, 0.1) is 15.6 Å². The number of hydrogen-bond acceptors (Lipinski definition) is 7. The van der Waals surface area contributed by atoms with Crippen LogP contribution in [0.5, 0.6) is 0 Å². The van der Waals surface area contributed by atoms with Gasteiger partial charge in [-0.1, -0.05) is 0 Å². The van der Waals surface area contributed by atoms with Crippen molar-refractivity contribution in [2.75, 3.05) is 13.1 Å². The summed E-state index contributed by atoms with van der Waals surface area (Å²) >= 11 is 3.61. The molecule has 0 radical (unpaired) electrons. The minimum atomic E-state index is -5.08. The highest BCUT2D eigenvalue weighted by molar-refractivity contribution is 7.37. The lowest BCUT2D eigenvalue weighted by Crippen LogP contribution is -2.26. The van der Waals surface area contributed by atoms with Crippen LogP contribution in [0, 0.1) is 6.92 Å². The summed E-state index contributed by atoms with van der Waals surface area (Å²) in [6.45, 7) is 3.76. The number of nitrogens with one attached hydrogen (secondary N) is 2. The molecule has 0 aromatic carbocycles. The molecule has 0 bridgehead atoms. The van der Waals surface area contributed by atoms with Crippen LogP contribution in [0.25, 0.3) is 9.40 Å². The van der Waals surface area contributed by atoms with E-state index in [0.29, 0.717) is 12.1 Å². The van der Waals surface area contributed by atoms with Crippen molar-refractivity contribution in [3.8, 4) is 0 Å². The van der Waals surface area contributed by atoms with Crippen LogP contribution in [-0.4, -0.2) is 46.2 Å². The van der Waals surface area contributed by atoms with Crippen molar-refractivity contribution in [2.24, 2.45) is 0 Å². The van der Waals surface area contributed by atoms with Crippen LogP contribution in [0.1, 0.15) is 45.5 Å². The Balaban J connectivity index is 0.000000360. The zero-order valence-electron chi connectivity index (χ0n) is 17.0. The molecule has 1 aliphatic rings. The Bertz CT molecular complexity index is 1070. The Kier molecular flexibility index (Phi) is 7.80. The molecule has 7 nitrogen and oxygen atoms in total. The van der Waals surface area contributed by atoms with E-state index in [0.717, 1.165) is 31.6 Å². The second-order valence-electron chi connectivity index (χ2n) is 7.11. The summed E-state index contributed by atoms with van der Waals surface area (Å²) in [6.07, 6.45) is 1.22. The van der Waals surface area contributed by atoms with E-state index >= 15 is 0 Å². The van der Waals surface area contributed by atoms with Gasteiger partial charge >= 0.3 is 12.1 Å². The zero-order chi connectivity index (χ0) is 23.3. The minimum absolute atomic E-state index is 0.112. The first-order chi connectivity index (χ1) is 15.1. The van der Waals surface area contributed by atoms with Crippen molar-refractivity contribution in [3.05, 3.63) is 45.7 Å². The Morgan fingerprint density at radius 1 is 1.31 bits per heavy atom. The number of alkyl halides is 3. The van der Waals surface area contributed by atoms with Gasteiger partial charge in [-0.3, -0.25) is 4.79 Å². The number of carboxylic acids is 1. The van der Waals surface area contributed by atoms with Crippen LogP contribution < -0.4 is 10.6 Å². The Hall–Kier alpha value is -2.57. The molecular formula is C20H21F3N4O3S2. The molecule has 0 spiro atoms. The number of amides is 1. The maximum atomic E-state index is 12.3. The lowest BCUT2D eigenvalue weighted by Gasteiger charge is -2.09. The van der Waals surface area contributed by atoms with Gasteiger partial charge in [0.25, 0.3) is 5.91 Å². The summed E-state index contributed by atoms with van der Waals surface area (Å²) in [7, 11) is 0. The smallest absolute Gasteiger partial charge is 0.475 e. The summed E-state index contributed by atoms with van der Waals surface area (Å²) in [6, 6.07) is 2.46. The third-order valence-corrected chi connectivity index (χ3v) is 6.92. The van der Waals surface area contributed by atoms with Crippen LogP contribution in [0.3, 0.4) is 0 Å². The van der Waals surface area contributed by atoms with Gasteiger partial charge in [0.2, 0.25) is 0 Å². The largest absolute Gasteiger partial charge is 0.490 e. The SMILES string of the molecule is Cc1cc2c(CCNC(=O)c3cnc(C4CCCN4)nc3)csc2s1.O=C(O)C(F)(F)F. The number of rotatable bonds is 5. The van der Waals surface area contributed by atoms with E-state index in [9.17, 15) is 18.0 Å². The van der Waals surface area contributed by atoms with Gasteiger partial charge in [0.1, 0.15) is 5.82 Å². The van der Waals surface area contributed by atoms with Gasteiger partial charge in [0.15, 0.2) is 0 Å². The number of fused-ring (bicyclic) bond motifs is 1. The Morgan fingerprint density at radius 2 is 2.00 bits per heavy atom. The van der Waals surface area contributed by atoms with Gasteiger partial charge in [-0.05, 0) is 49.7 Å². The lowest BCUT2D eigenvalue weighted by atomic mass is 10.1. The summed E-state index contributed by atoms with van der Waals surface area (Å²) in [5.74, 6) is -2.09. The third-order valence-electron chi connectivity index (χ3n) is 4.70. The summed E-state index contributed by atoms with van der Waals surface area (Å²) in [5.41, 5.74) is 1.83. The average Bonchev–Trinajstić information content (AvgIpc) is 3.46. The van der Waals surface area contributed by atoms with Gasteiger partial charge in [-0.2, -0.15) is 13.2 Å². The van der Waals surface area contributed by atoms with E-state index in [2.05, 4.69) is 39.0 Å². The van der Waals surface area contributed by atoms with Crippen LogP contribution in [0.2, 0.25) is 0 Å². The van der Waals surface area contributed by atoms with Gasteiger partial charge in [-0.25, -0.2) is 14.8 Å². The van der Waals surface area contributed by atoms with Crippen molar-refractivity contribution in [1.29, 1.82) is 0 Å². The van der Waals surface area contributed by atoms with Crippen LogP contribution in [-0.2, 0) is 11.2 Å². The molecule has 0 aliphatic carbocycles. The fourth-order valence-electron chi connectivity index (χ4n) is 3.14. The molecule has 1 aliphatic heterocycles. The summed E-state index contributed by atoms with van der Waals surface area (Å²) < 4.78 is 33.1. The molecule has 0 saturated carbocycles. The molecule has 3 aromatic heterocycles. The fourth-order valence-corrected chi connectivity index (χ4v) is 5.45. The second-order valence-corrected chi connectivity index (χ2v) is 9.50. The van der Waals surface area contributed by atoms with Crippen molar-refractivity contribution in [2.45, 2.75) is 38.4 Å². The highest BCUT2D eigenvalue weighted by Gasteiger charge is 2.38. The number of carbonyl (C=O) groups excluding carboxylic acids is 1. The molecule has 1 amide bonds. The van der Waals surface area contributed by atoms with Crippen LogP contribution in [0.15, 0.2) is 23.8 Å². The summed E-state index contributed by atoms with van der Waals surface area (Å²) in [5, 5.41) is 17.0. The second kappa shape index (κ2) is 10.4. The Morgan fingerprint density at radius 3 is 2.59 bits per heavy atom. The first-order valence-corrected chi connectivity index (χ1v) is 11.4. The first kappa shape index (κ1) is 24.1. The number of carbonyl (C=O) groups is 2. The zero-order valence-corrected chi connectivity index (χ0v) is 18.7. The number of halogens is 3. The topological polar surface area (TPSA) is 104 Å². The number of aromatic nitrogens is 2. The maximum Gasteiger partial charge on any atom is 0.490 e. The van der Waals surface area contributed by atoms with E-state index in [1.54, 1.807) is 23.7 Å². The average molecular weight is 487 g/mol. The van der Waals surface area contributed by atoms with Gasteiger partial charge < -0.3 is 15.7 Å². The number of thiophene rings is 2. The molecule has 3 N–H and O–H groups in total. The highest BCUT2D eigenvalue weighted by Crippen LogP contribution is 2.33. The standard InChI is InChI=1S/C18H20N4OS2.C2HF3O2/c1-11-7-14-12(10-24-18(14)25-11)4-6-20-17(23)13-8-21-16(22-9-13)15-3-2-5-19-15;3-2(4,5)1(6)7/h7-10,15,19H,2-6H2,1H3,(H,20,23);(H,6,7). The minimum Gasteiger partial charge on any atom is -0.475 e. The quantitative estimate of drug-likeness (QED) is 0.502. The van der Waals surface area contributed by atoms with Crippen molar-refractivity contribution < 1.29 is 27.9 Å². The van der Waals surface area contributed by atoms with Crippen LogP contribution in [0.4, 0.5) is 13.2 Å². The number of hydrogen-bond donors (Lipinski definition) is 3. The highest BCUT2D eigenvalue weighted by atomic mass is 32.2. The molecule has 32 heavy (non-hydrogen) atoms. The molecule has 1 unspecified atom stereocenters. The van der Waals surface area contributed by atoms with E-state index in [-0.39, 0.29) is 11.9 Å². The van der Waals surface area contributed by atoms with E-state index < -0.39 is 12.1 Å². The van der Waals surface area contributed by atoms with Crippen LogP contribution >= 0.6 is 22.7 Å². The fraction of sp³-hybridized carbons (Fsp3) is 0.400. The lowest BCUT2D eigenvalue weighted by molar-refractivity contribution is -0.192. The number of carboxylic acid groups (broad SMARTS) is 1. The summed E-state index contributed by atoms with van der Waals surface area (Å²) in [4.78, 5) is 31.2. The molecule has 1 saturated heterocycles. The number of nitrogens with zero attached hydrogens (tertiary/aromatic N) is 2. The van der Waals surface area contributed by atoms with Crippen molar-refractivity contribution >= 4 is 43.9 Å². The van der Waals surface area contributed by atoms with E-state index in [1.807, 2.05) is 11.3 Å². The van der Waals surface area contributed by atoms with Crippen molar-refractivity contribution in [1.82, 2.24) is 20.6 Å². The number of aryl methyl sites for hydroxylation is 1. The molecule has 4 heterocycles. The first-order valence-electron chi connectivity index (χ1n) is 9.75. The van der Waals surface area contributed by atoms with Gasteiger partial charge in [0, 0.05) is 29.2 Å². The molecule has 172 valence electrons. The van der Waals surface area contributed by atoms with E-state index in [4.69, 9.17) is 9.90 Å².